The molecule has 1 aromatic carbocycles. The lowest BCUT2D eigenvalue weighted by Crippen LogP contribution is -2.32. The van der Waals surface area contributed by atoms with Gasteiger partial charge >= 0.3 is 24.0 Å². The number of ether oxygens (including phenoxy) is 3. The number of methoxy groups -OCH3 is 1. The van der Waals surface area contributed by atoms with E-state index in [4.69, 9.17) is 14.2 Å². The maximum Gasteiger partial charge on any atom is 0.410 e. The van der Waals surface area contributed by atoms with Crippen molar-refractivity contribution in [2.45, 2.75) is 98.4 Å². The van der Waals surface area contributed by atoms with E-state index >= 15 is 0 Å². The number of carboxylic acid groups (broad SMARTS) is 1. The molecule has 3 atom stereocenters. The average molecular weight is 575 g/mol. The number of hydrogen-bond donors (Lipinski definition) is 2. The average Bonchev–Trinajstić information content (AvgIpc) is 3.55. The minimum absolute atomic E-state index is 0.135. The Morgan fingerprint density at radius 1 is 1.10 bits per heavy atom. The predicted octanol–water partition coefficient (Wildman–Crippen LogP) is 4.46. The Morgan fingerprint density at radius 2 is 1.83 bits per heavy atom. The summed E-state index contributed by atoms with van der Waals surface area (Å²) in [5, 5.41) is 12.5. The summed E-state index contributed by atoms with van der Waals surface area (Å²) in [5.41, 5.74) is 2.76. The zero-order valence-electron chi connectivity index (χ0n) is 25.3. The second-order valence-corrected chi connectivity index (χ2v) is 13.1. The minimum atomic E-state index is -0.985. The number of fused-ring (bicyclic) bond motifs is 1. The second kappa shape index (κ2) is 13.7. The zero-order valence-corrected chi connectivity index (χ0v) is 25.3. The summed E-state index contributed by atoms with van der Waals surface area (Å²) in [6, 6.07) is 5.73. The van der Waals surface area contributed by atoms with Gasteiger partial charge in [0.25, 0.3) is 0 Å². The van der Waals surface area contributed by atoms with Gasteiger partial charge in [-0.05, 0) is 46.8 Å². The van der Waals surface area contributed by atoms with Crippen molar-refractivity contribution in [3.05, 3.63) is 34.9 Å². The first-order valence-electron chi connectivity index (χ1n) is 14.4. The van der Waals surface area contributed by atoms with Gasteiger partial charge in [-0.1, -0.05) is 59.2 Å². The van der Waals surface area contributed by atoms with Crippen LogP contribution in [0, 0.1) is 16.7 Å². The number of rotatable bonds is 12. The number of aryl methyl sites for hydroxylation is 1. The molecule has 2 aliphatic rings. The van der Waals surface area contributed by atoms with Crippen molar-refractivity contribution in [2.75, 3.05) is 20.3 Å². The third-order valence-corrected chi connectivity index (χ3v) is 8.07. The van der Waals surface area contributed by atoms with Crippen molar-refractivity contribution < 1.29 is 38.5 Å². The van der Waals surface area contributed by atoms with Crippen LogP contribution in [0.5, 0.6) is 0 Å². The van der Waals surface area contributed by atoms with E-state index in [9.17, 15) is 24.3 Å². The van der Waals surface area contributed by atoms with Gasteiger partial charge in [-0.2, -0.15) is 0 Å². The molecule has 2 N–H and O–H groups in total. The quantitative estimate of drug-likeness (QED) is 0.211. The number of benzene rings is 1. The fraction of sp³-hybridized carbons (Fsp3) is 0.677. The van der Waals surface area contributed by atoms with Crippen LogP contribution >= 0.6 is 0 Å². The summed E-state index contributed by atoms with van der Waals surface area (Å²) in [4.78, 5) is 50.2. The highest BCUT2D eigenvalue weighted by Crippen LogP contribution is 2.31. The lowest BCUT2D eigenvalue weighted by molar-refractivity contribution is -0.156. The van der Waals surface area contributed by atoms with E-state index in [2.05, 4.69) is 25.2 Å². The van der Waals surface area contributed by atoms with Gasteiger partial charge in [0, 0.05) is 26.1 Å². The Labute approximate surface area is 243 Å². The second-order valence-electron chi connectivity index (χ2n) is 13.1. The Kier molecular flexibility index (Phi) is 10.8. The Balaban J connectivity index is 1.43. The van der Waals surface area contributed by atoms with Crippen molar-refractivity contribution in [1.82, 2.24) is 10.2 Å². The fourth-order valence-electron chi connectivity index (χ4n) is 5.44. The lowest BCUT2D eigenvalue weighted by atomic mass is 9.79. The van der Waals surface area contributed by atoms with Crippen molar-refractivity contribution in [3.63, 3.8) is 0 Å². The molecule has 10 nitrogen and oxygen atoms in total. The molecule has 0 radical (unpaired) electrons. The molecule has 1 amide bonds. The molecule has 1 unspecified atom stereocenters. The topological polar surface area (TPSA) is 131 Å². The number of amides is 1. The van der Waals surface area contributed by atoms with Crippen LogP contribution in [0.4, 0.5) is 4.79 Å². The van der Waals surface area contributed by atoms with E-state index in [1.807, 2.05) is 32.9 Å². The monoisotopic (exact) mass is 574 g/mol. The fourth-order valence-corrected chi connectivity index (χ4v) is 5.44. The molecule has 1 saturated heterocycles. The van der Waals surface area contributed by atoms with Gasteiger partial charge in [0.05, 0.1) is 26.1 Å². The number of nitrogens with one attached hydrogen (secondary N) is 1. The van der Waals surface area contributed by atoms with Crippen LogP contribution < -0.4 is 5.32 Å². The number of carbonyl (C=O) groups excluding carboxylic acids is 3. The maximum absolute atomic E-state index is 12.8. The smallest absolute Gasteiger partial charge is 0.410 e. The van der Waals surface area contributed by atoms with Crippen molar-refractivity contribution in [1.29, 1.82) is 0 Å². The lowest BCUT2D eigenvalue weighted by Gasteiger charge is -2.28. The number of hydrogen-bond acceptors (Lipinski definition) is 8. The minimum Gasteiger partial charge on any atom is -0.481 e. The first-order chi connectivity index (χ1) is 19.2. The van der Waals surface area contributed by atoms with Gasteiger partial charge in [0.1, 0.15) is 12.1 Å². The summed E-state index contributed by atoms with van der Waals surface area (Å²) in [6.45, 7) is 11.2. The molecule has 41 heavy (non-hydrogen) atoms. The zero-order chi connectivity index (χ0) is 30.4. The van der Waals surface area contributed by atoms with Gasteiger partial charge in [0.15, 0.2) is 0 Å². The molecule has 10 heteroatoms. The van der Waals surface area contributed by atoms with Gasteiger partial charge in [-0.25, -0.2) is 4.79 Å². The SMILES string of the molecule is COC(=O)[C@@H]1CC(OC(=O)N2Cc3cccc(CCCCC(C)(C)COC(=O)C[C@H](C(=O)O)C(C)(C)C)c3C2)CN1. The maximum atomic E-state index is 12.8. The number of unbranched alkanes of at least 4 members (excludes halogenated alkanes) is 1. The van der Waals surface area contributed by atoms with Crippen LogP contribution in [0.3, 0.4) is 0 Å². The number of nitrogens with zero attached hydrogens (tertiary/aromatic N) is 1. The molecule has 2 heterocycles. The van der Waals surface area contributed by atoms with Crippen LogP contribution in [-0.4, -0.2) is 66.4 Å². The molecule has 228 valence electrons. The molecule has 0 aliphatic carbocycles. The third-order valence-electron chi connectivity index (χ3n) is 8.07. The summed E-state index contributed by atoms with van der Waals surface area (Å²) >= 11 is 0. The number of esters is 2. The van der Waals surface area contributed by atoms with Crippen LogP contribution in [-0.2, 0) is 48.1 Å². The van der Waals surface area contributed by atoms with Crippen LogP contribution in [0.2, 0.25) is 0 Å². The highest BCUT2D eigenvalue weighted by atomic mass is 16.6. The third kappa shape index (κ3) is 9.18. The molecule has 0 saturated carbocycles. The predicted molar refractivity (Wildman–Crippen MR) is 152 cm³/mol. The molecule has 3 rings (SSSR count). The van der Waals surface area contributed by atoms with E-state index in [1.54, 1.807) is 4.90 Å². The molecule has 2 aliphatic heterocycles. The Morgan fingerprint density at radius 3 is 2.49 bits per heavy atom. The van der Waals surface area contributed by atoms with Crippen molar-refractivity contribution in [2.24, 2.45) is 16.7 Å². The Bertz CT molecular complexity index is 1110. The highest BCUT2D eigenvalue weighted by Gasteiger charge is 2.36. The molecular weight excluding hydrogens is 528 g/mol. The van der Waals surface area contributed by atoms with E-state index in [0.29, 0.717) is 26.1 Å². The first kappa shape index (κ1) is 32.4. The normalized spacial score (nSPS) is 19.4. The summed E-state index contributed by atoms with van der Waals surface area (Å²) in [7, 11) is 1.34. The van der Waals surface area contributed by atoms with E-state index in [1.165, 1.54) is 18.2 Å². The molecule has 0 spiro atoms. The van der Waals surface area contributed by atoms with Crippen LogP contribution in [0.15, 0.2) is 18.2 Å². The summed E-state index contributed by atoms with van der Waals surface area (Å²) < 4.78 is 15.9. The number of carbonyl (C=O) groups is 4. The molecule has 1 fully saturated rings. The first-order valence-corrected chi connectivity index (χ1v) is 14.4. The van der Waals surface area contributed by atoms with Crippen molar-refractivity contribution >= 4 is 24.0 Å². The van der Waals surface area contributed by atoms with Gasteiger partial charge in [0.2, 0.25) is 0 Å². The molecule has 0 aromatic heterocycles. The van der Waals surface area contributed by atoms with E-state index < -0.39 is 29.3 Å². The van der Waals surface area contributed by atoms with Crippen LogP contribution in [0.25, 0.3) is 0 Å². The van der Waals surface area contributed by atoms with Gasteiger partial charge in [-0.3, -0.25) is 19.3 Å². The van der Waals surface area contributed by atoms with Gasteiger partial charge in [-0.15, -0.1) is 0 Å². The van der Waals surface area contributed by atoms with E-state index in [-0.39, 0.29) is 36.6 Å². The van der Waals surface area contributed by atoms with Crippen LogP contribution in [0.1, 0.15) is 83.4 Å². The summed E-state index contributed by atoms with van der Waals surface area (Å²) in [5.74, 6) is -2.60. The van der Waals surface area contributed by atoms with E-state index in [0.717, 1.165) is 31.2 Å². The molecular formula is C31H46N2O8. The molecule has 1 aromatic rings. The Hall–Kier alpha value is -3.14. The standard InChI is InChI=1S/C31H46N2O8/c1-30(2,3)24(27(35)36)15-26(34)40-19-31(4,5)13-8-7-10-20-11-9-12-21-17-33(18-23(20)21)29(38)41-22-14-25(32-16-22)28(37)39-6/h9,11-12,22,24-25,32H,7-8,10,13-19H2,1-6H3,(H,35,36)/t22?,24-,25+/m1/s1. The number of aliphatic carboxylic acids is 1. The summed E-state index contributed by atoms with van der Waals surface area (Å²) in [6.07, 6.45) is 3.15. The van der Waals surface area contributed by atoms with Crippen molar-refractivity contribution in [3.8, 4) is 0 Å². The highest BCUT2D eigenvalue weighted by molar-refractivity contribution is 5.79. The van der Waals surface area contributed by atoms with Gasteiger partial charge < -0.3 is 24.6 Å². The largest absolute Gasteiger partial charge is 0.481 e. The molecule has 0 bridgehead atoms. The number of carboxylic acids is 1.